The van der Waals surface area contributed by atoms with E-state index in [0.29, 0.717) is 44.7 Å². The molecule has 10 heteroatoms. The average molecular weight is 412 g/mol. The molecule has 0 unspecified atom stereocenters. The number of fused-ring (bicyclic) bond motifs is 1. The van der Waals surface area contributed by atoms with E-state index in [9.17, 15) is 0 Å². The molecular weight excluding hydrogens is 384 g/mol. The second-order valence-corrected chi connectivity index (χ2v) is 8.04. The molecule has 2 atom stereocenters. The number of morpholine rings is 2. The fraction of sp³-hybridized carbons (Fsp3) is 0.550. The van der Waals surface area contributed by atoms with E-state index in [-0.39, 0.29) is 12.1 Å². The van der Waals surface area contributed by atoms with Gasteiger partial charge in [-0.15, -0.1) is 0 Å². The van der Waals surface area contributed by atoms with Crippen LogP contribution in [0.5, 0.6) is 0 Å². The first kappa shape index (κ1) is 19.3. The first-order chi connectivity index (χ1) is 14.6. The number of aromatic nitrogens is 3. The molecule has 0 spiro atoms. The van der Waals surface area contributed by atoms with Crippen molar-refractivity contribution in [3.63, 3.8) is 0 Å². The molecule has 5 heterocycles. The van der Waals surface area contributed by atoms with Crippen LogP contribution in [0.15, 0.2) is 18.3 Å². The highest BCUT2D eigenvalue weighted by atomic mass is 16.5. The quantitative estimate of drug-likeness (QED) is 0.693. The smallest absolute Gasteiger partial charge is 0.229 e. The molecule has 2 saturated heterocycles. The molecule has 3 aliphatic rings. The van der Waals surface area contributed by atoms with Crippen molar-refractivity contribution in [2.75, 3.05) is 56.0 Å². The second kappa shape index (κ2) is 7.86. The van der Waals surface area contributed by atoms with Gasteiger partial charge >= 0.3 is 0 Å². The molecule has 10 nitrogen and oxygen atoms in total. The normalized spacial score (nSPS) is 24.9. The van der Waals surface area contributed by atoms with E-state index in [4.69, 9.17) is 30.3 Å². The lowest BCUT2D eigenvalue weighted by Crippen LogP contribution is -2.46. The molecule has 160 valence electrons. The molecule has 0 aromatic carbocycles. The predicted octanol–water partition coefficient (Wildman–Crippen LogP) is 0.510. The van der Waals surface area contributed by atoms with Crippen LogP contribution in [0.1, 0.15) is 19.5 Å². The molecular formula is C20H28N8O2. The summed E-state index contributed by atoms with van der Waals surface area (Å²) in [7, 11) is 0. The van der Waals surface area contributed by atoms with E-state index in [1.165, 1.54) is 0 Å². The molecule has 5 rings (SSSR count). The fourth-order valence-corrected chi connectivity index (χ4v) is 4.14. The van der Waals surface area contributed by atoms with E-state index < -0.39 is 0 Å². The van der Waals surface area contributed by atoms with E-state index in [1.54, 1.807) is 5.01 Å². The minimum Gasteiger partial charge on any atom is -0.377 e. The molecule has 0 bridgehead atoms. The number of pyridine rings is 1. The SMILES string of the molecule is C[C@H]1COCCN1c1nc(N2CCOC[C@@H]2C)c2ccc(C3=CN(N)CN3)nc2n1. The Morgan fingerprint density at radius 3 is 2.40 bits per heavy atom. The topological polar surface area (TPSA) is 105 Å². The Balaban J connectivity index is 1.63. The van der Waals surface area contributed by atoms with Crippen LogP contribution in [0.2, 0.25) is 0 Å². The predicted molar refractivity (Wildman–Crippen MR) is 115 cm³/mol. The third kappa shape index (κ3) is 3.51. The van der Waals surface area contributed by atoms with Crippen LogP contribution < -0.4 is 21.0 Å². The fourth-order valence-electron chi connectivity index (χ4n) is 4.14. The lowest BCUT2D eigenvalue weighted by Gasteiger charge is -2.37. The summed E-state index contributed by atoms with van der Waals surface area (Å²) in [5.74, 6) is 7.47. The number of rotatable bonds is 3. The number of ether oxygens (including phenoxy) is 2. The Hall–Kier alpha value is -2.69. The summed E-state index contributed by atoms with van der Waals surface area (Å²) in [5.41, 5.74) is 2.39. The van der Waals surface area contributed by atoms with Crippen molar-refractivity contribution < 1.29 is 9.47 Å². The molecule has 0 radical (unpaired) electrons. The zero-order valence-electron chi connectivity index (χ0n) is 17.4. The maximum atomic E-state index is 5.85. The van der Waals surface area contributed by atoms with E-state index in [1.807, 2.05) is 12.3 Å². The molecule has 0 amide bonds. The van der Waals surface area contributed by atoms with Gasteiger partial charge < -0.3 is 24.6 Å². The molecule has 0 aliphatic carbocycles. The number of hydrazine groups is 1. The van der Waals surface area contributed by atoms with E-state index >= 15 is 0 Å². The minimum atomic E-state index is 0.208. The van der Waals surface area contributed by atoms with Gasteiger partial charge in [-0.3, -0.25) is 5.01 Å². The first-order valence-corrected chi connectivity index (χ1v) is 10.4. The monoisotopic (exact) mass is 412 g/mol. The molecule has 30 heavy (non-hydrogen) atoms. The highest BCUT2D eigenvalue weighted by molar-refractivity contribution is 5.89. The van der Waals surface area contributed by atoms with Crippen LogP contribution in [0.4, 0.5) is 11.8 Å². The summed E-state index contributed by atoms with van der Waals surface area (Å²) in [4.78, 5) is 19.3. The van der Waals surface area contributed by atoms with Gasteiger partial charge in [-0.1, -0.05) is 0 Å². The zero-order valence-corrected chi connectivity index (χ0v) is 17.4. The number of hydrogen-bond donors (Lipinski definition) is 2. The minimum absolute atomic E-state index is 0.208. The highest BCUT2D eigenvalue weighted by Gasteiger charge is 2.27. The summed E-state index contributed by atoms with van der Waals surface area (Å²) in [5, 5.41) is 5.80. The second-order valence-electron chi connectivity index (χ2n) is 8.04. The van der Waals surface area contributed by atoms with Gasteiger partial charge in [0.15, 0.2) is 5.65 Å². The van der Waals surface area contributed by atoms with Gasteiger partial charge in [-0.25, -0.2) is 10.8 Å². The van der Waals surface area contributed by atoms with Crippen LogP contribution in [0, 0.1) is 0 Å². The van der Waals surface area contributed by atoms with Gasteiger partial charge in [-0.2, -0.15) is 9.97 Å². The zero-order chi connectivity index (χ0) is 20.7. The lowest BCUT2D eigenvalue weighted by molar-refractivity contribution is 0.0973. The van der Waals surface area contributed by atoms with Gasteiger partial charge in [0.1, 0.15) is 12.5 Å². The van der Waals surface area contributed by atoms with Gasteiger partial charge in [0.2, 0.25) is 5.95 Å². The van der Waals surface area contributed by atoms with Crippen molar-refractivity contribution in [1.29, 1.82) is 0 Å². The van der Waals surface area contributed by atoms with Crippen molar-refractivity contribution in [1.82, 2.24) is 25.3 Å². The van der Waals surface area contributed by atoms with Crippen molar-refractivity contribution in [3.05, 3.63) is 24.0 Å². The summed E-state index contributed by atoms with van der Waals surface area (Å²) in [6.45, 7) is 9.13. The molecule has 3 aliphatic heterocycles. The Labute approximate surface area is 175 Å². The summed E-state index contributed by atoms with van der Waals surface area (Å²) in [6.07, 6.45) is 1.85. The third-order valence-electron chi connectivity index (χ3n) is 5.82. The van der Waals surface area contributed by atoms with Crippen LogP contribution in [0.25, 0.3) is 16.7 Å². The molecule has 0 saturated carbocycles. The lowest BCUT2D eigenvalue weighted by atomic mass is 10.2. The third-order valence-corrected chi connectivity index (χ3v) is 5.82. The summed E-state index contributed by atoms with van der Waals surface area (Å²) >= 11 is 0. The molecule has 2 aromatic rings. The largest absolute Gasteiger partial charge is 0.377 e. The van der Waals surface area contributed by atoms with Crippen molar-refractivity contribution in [3.8, 4) is 0 Å². The van der Waals surface area contributed by atoms with Gasteiger partial charge in [0.25, 0.3) is 0 Å². The number of nitrogens with two attached hydrogens (primary N) is 1. The van der Waals surface area contributed by atoms with E-state index in [2.05, 4.69) is 35.0 Å². The Morgan fingerprint density at radius 1 is 1.00 bits per heavy atom. The van der Waals surface area contributed by atoms with Gasteiger partial charge in [0, 0.05) is 19.3 Å². The average Bonchev–Trinajstić information content (AvgIpc) is 3.20. The maximum absolute atomic E-state index is 5.85. The Morgan fingerprint density at radius 2 is 1.73 bits per heavy atom. The van der Waals surface area contributed by atoms with Crippen LogP contribution in [-0.4, -0.2) is 78.2 Å². The standard InChI is InChI=1S/C20H28N8O2/c1-13-10-29-7-5-27(13)19-15-3-4-16(17-9-26(21)12-22-17)23-18(15)24-20(25-19)28-6-8-30-11-14(28)2/h3-4,9,13-14,22H,5-8,10-12,21H2,1-2H3/t13-,14-/m0/s1. The number of hydrogen-bond acceptors (Lipinski definition) is 10. The van der Waals surface area contributed by atoms with Gasteiger partial charge in [-0.05, 0) is 26.0 Å². The van der Waals surface area contributed by atoms with Crippen LogP contribution in [0.3, 0.4) is 0 Å². The van der Waals surface area contributed by atoms with Crippen molar-refractivity contribution in [2.45, 2.75) is 25.9 Å². The summed E-state index contributed by atoms with van der Waals surface area (Å²) in [6, 6.07) is 4.49. The molecule has 2 aromatic heterocycles. The van der Waals surface area contributed by atoms with Crippen molar-refractivity contribution >= 4 is 28.5 Å². The first-order valence-electron chi connectivity index (χ1n) is 10.4. The van der Waals surface area contributed by atoms with Crippen LogP contribution >= 0.6 is 0 Å². The Bertz CT molecular complexity index is 967. The van der Waals surface area contributed by atoms with Gasteiger partial charge in [0.05, 0.1) is 55.3 Å². The number of nitrogens with one attached hydrogen (secondary N) is 1. The van der Waals surface area contributed by atoms with Crippen LogP contribution in [-0.2, 0) is 9.47 Å². The highest BCUT2D eigenvalue weighted by Crippen LogP contribution is 2.30. The molecule has 3 N–H and O–H groups in total. The number of nitrogens with zero attached hydrogens (tertiary/aromatic N) is 6. The Kier molecular flexibility index (Phi) is 5.05. The molecule has 2 fully saturated rings. The summed E-state index contributed by atoms with van der Waals surface area (Å²) < 4.78 is 11.3. The van der Waals surface area contributed by atoms with E-state index in [0.717, 1.165) is 35.7 Å². The maximum Gasteiger partial charge on any atom is 0.229 e. The number of anilines is 2. The van der Waals surface area contributed by atoms with Crippen molar-refractivity contribution in [2.24, 2.45) is 5.84 Å².